The van der Waals surface area contributed by atoms with Gasteiger partial charge in [0.2, 0.25) is 5.90 Å². The Labute approximate surface area is 237 Å². The Bertz CT molecular complexity index is 1510. The van der Waals surface area contributed by atoms with Gasteiger partial charge in [0.15, 0.2) is 12.1 Å². The topological polar surface area (TPSA) is 47.9 Å². The van der Waals surface area contributed by atoms with Crippen molar-refractivity contribution in [3.63, 3.8) is 0 Å². The van der Waals surface area contributed by atoms with Crippen LogP contribution in [0.15, 0.2) is 108 Å². The fourth-order valence-electron chi connectivity index (χ4n) is 6.63. The highest BCUT2D eigenvalue weighted by Crippen LogP contribution is 2.44. The summed E-state index contributed by atoms with van der Waals surface area (Å²) in [6.07, 6.45) is 2.27. The first-order valence-corrected chi connectivity index (χ1v) is 14.5. The predicted octanol–water partition coefficient (Wildman–Crippen LogP) is 8.05. The van der Waals surface area contributed by atoms with E-state index in [0.29, 0.717) is 11.8 Å². The third-order valence-corrected chi connectivity index (χ3v) is 8.94. The van der Waals surface area contributed by atoms with E-state index in [4.69, 9.17) is 14.5 Å². The maximum Gasteiger partial charge on any atom is 0.335 e. The molecular weight excluding hydrogens is 494 g/mol. The largest absolute Gasteiger partial charge is 0.466 e. The smallest absolute Gasteiger partial charge is 0.335 e. The van der Waals surface area contributed by atoms with Crippen molar-refractivity contribution in [3.8, 4) is 0 Å². The highest BCUT2D eigenvalue weighted by atomic mass is 16.6. The first-order chi connectivity index (χ1) is 19.4. The van der Waals surface area contributed by atoms with Crippen LogP contribution in [0.5, 0.6) is 0 Å². The van der Waals surface area contributed by atoms with Crippen LogP contribution in [0.2, 0.25) is 0 Å². The van der Waals surface area contributed by atoms with E-state index >= 15 is 0 Å². The molecule has 2 aliphatic rings. The van der Waals surface area contributed by atoms with E-state index in [0.717, 1.165) is 41.2 Å². The summed E-state index contributed by atoms with van der Waals surface area (Å²) in [4.78, 5) is 19.0. The number of ether oxygens (including phenoxy) is 2. The number of benzene rings is 4. The van der Waals surface area contributed by atoms with Crippen molar-refractivity contribution in [1.82, 2.24) is 0 Å². The molecule has 0 amide bonds. The minimum absolute atomic E-state index is 0.133. The average Bonchev–Trinajstić information content (AvgIpc) is 3.43. The summed E-state index contributed by atoms with van der Waals surface area (Å²) in [7, 11) is 0. The Balaban J connectivity index is 1.34. The molecule has 0 bridgehead atoms. The molecule has 0 spiro atoms. The van der Waals surface area contributed by atoms with E-state index in [1.165, 1.54) is 5.56 Å². The Hall–Kier alpha value is -3.92. The van der Waals surface area contributed by atoms with Gasteiger partial charge in [-0.2, -0.15) is 0 Å². The minimum atomic E-state index is -0.779. The lowest BCUT2D eigenvalue weighted by Crippen LogP contribution is -2.45. The van der Waals surface area contributed by atoms with Gasteiger partial charge in [0.25, 0.3) is 0 Å². The predicted molar refractivity (Wildman–Crippen MR) is 160 cm³/mol. The third-order valence-electron chi connectivity index (χ3n) is 8.94. The highest BCUT2D eigenvalue weighted by Gasteiger charge is 2.45. The molecule has 1 heterocycles. The molecule has 4 nitrogen and oxygen atoms in total. The number of aliphatic imine (C=N–C) groups is 1. The van der Waals surface area contributed by atoms with Gasteiger partial charge in [-0.05, 0) is 52.6 Å². The summed E-state index contributed by atoms with van der Waals surface area (Å²) in [5, 5.41) is 2.17. The molecule has 5 atom stereocenters. The minimum Gasteiger partial charge on any atom is -0.466 e. The quantitative estimate of drug-likeness (QED) is 0.237. The summed E-state index contributed by atoms with van der Waals surface area (Å²) < 4.78 is 13.0. The van der Waals surface area contributed by atoms with Crippen molar-refractivity contribution in [2.45, 2.75) is 63.7 Å². The van der Waals surface area contributed by atoms with E-state index in [9.17, 15) is 4.79 Å². The molecule has 1 aliphatic heterocycles. The van der Waals surface area contributed by atoms with E-state index in [1.807, 2.05) is 54.6 Å². The SMILES string of the molecule is C[C@@H]1CC[C@@H](C(C)(C)c2ccccc2)[C@H](OC(=O)[C@H]2N=C(c3ccccc3)O[C@H]2c2cccc3ccccc23)C1. The second-order valence-electron chi connectivity index (χ2n) is 11.9. The lowest BCUT2D eigenvalue weighted by molar-refractivity contribution is -0.159. The molecule has 204 valence electrons. The third kappa shape index (κ3) is 5.03. The number of nitrogens with zero attached hydrogens (tertiary/aromatic N) is 1. The molecule has 1 aliphatic carbocycles. The number of hydrogen-bond acceptors (Lipinski definition) is 4. The van der Waals surface area contributed by atoms with Crippen LogP contribution in [0.4, 0.5) is 0 Å². The molecule has 0 radical (unpaired) electrons. The molecular formula is C36H37NO3. The number of esters is 1. The average molecular weight is 532 g/mol. The first kappa shape index (κ1) is 26.3. The number of carbonyl (C=O) groups excluding carboxylic acids is 1. The van der Waals surface area contributed by atoms with Gasteiger partial charge in [0.05, 0.1) is 0 Å². The van der Waals surface area contributed by atoms with Gasteiger partial charge in [-0.3, -0.25) is 0 Å². The molecule has 0 N–H and O–H groups in total. The fourth-order valence-corrected chi connectivity index (χ4v) is 6.63. The van der Waals surface area contributed by atoms with Crippen molar-refractivity contribution >= 4 is 22.6 Å². The molecule has 1 saturated carbocycles. The Morgan fingerprint density at radius 2 is 1.52 bits per heavy atom. The summed E-state index contributed by atoms with van der Waals surface area (Å²) in [5.74, 6) is 0.888. The van der Waals surface area contributed by atoms with Crippen molar-refractivity contribution in [2.75, 3.05) is 0 Å². The van der Waals surface area contributed by atoms with Crippen molar-refractivity contribution in [2.24, 2.45) is 16.8 Å². The van der Waals surface area contributed by atoms with E-state index < -0.39 is 12.1 Å². The number of hydrogen-bond donors (Lipinski definition) is 0. The number of fused-ring (bicyclic) bond motifs is 1. The second kappa shape index (κ2) is 10.9. The van der Waals surface area contributed by atoms with Gasteiger partial charge in [-0.15, -0.1) is 0 Å². The van der Waals surface area contributed by atoms with Gasteiger partial charge in [0.1, 0.15) is 6.10 Å². The summed E-state index contributed by atoms with van der Waals surface area (Å²) in [6.45, 7) is 6.83. The molecule has 0 unspecified atom stereocenters. The Morgan fingerprint density at radius 3 is 2.30 bits per heavy atom. The highest BCUT2D eigenvalue weighted by molar-refractivity contribution is 5.99. The lowest BCUT2D eigenvalue weighted by Gasteiger charge is -2.44. The van der Waals surface area contributed by atoms with E-state index in [-0.39, 0.29) is 23.4 Å². The van der Waals surface area contributed by atoms with Gasteiger partial charge in [-0.1, -0.05) is 118 Å². The molecule has 0 aromatic heterocycles. The van der Waals surface area contributed by atoms with Crippen LogP contribution in [-0.4, -0.2) is 24.0 Å². The van der Waals surface area contributed by atoms with Crippen molar-refractivity contribution in [1.29, 1.82) is 0 Å². The molecule has 4 aromatic rings. The van der Waals surface area contributed by atoms with Crippen LogP contribution in [0.25, 0.3) is 10.8 Å². The molecule has 0 saturated heterocycles. The standard InChI is InChI=1S/C36H37NO3/c1-24-21-22-30(36(2,3)27-17-8-5-9-18-27)31(23-24)39-35(38)32-33(40-34(37-32)26-14-6-4-7-15-26)29-20-12-16-25-13-10-11-19-28(25)29/h4-20,24,30-33H,21-23H2,1-3H3/t24-,30-,31-,32+,33+/m1/s1. The normalized spacial score (nSPS) is 24.8. The zero-order valence-corrected chi connectivity index (χ0v) is 23.5. The van der Waals surface area contributed by atoms with Gasteiger partial charge in [-0.25, -0.2) is 9.79 Å². The molecule has 6 rings (SSSR count). The summed E-state index contributed by atoms with van der Waals surface area (Å²) in [6, 6.07) is 34.0. The Morgan fingerprint density at radius 1 is 0.850 bits per heavy atom. The Kier molecular flexibility index (Phi) is 7.18. The number of rotatable bonds is 6. The van der Waals surface area contributed by atoms with Crippen LogP contribution in [-0.2, 0) is 19.7 Å². The summed E-state index contributed by atoms with van der Waals surface area (Å²) in [5.41, 5.74) is 2.95. The number of carbonyl (C=O) groups is 1. The second-order valence-corrected chi connectivity index (χ2v) is 11.9. The monoisotopic (exact) mass is 531 g/mol. The fraction of sp³-hybridized carbons (Fsp3) is 0.333. The van der Waals surface area contributed by atoms with Gasteiger partial charge >= 0.3 is 5.97 Å². The van der Waals surface area contributed by atoms with Crippen LogP contribution in [0.1, 0.15) is 62.8 Å². The van der Waals surface area contributed by atoms with Crippen LogP contribution in [0, 0.1) is 11.8 Å². The maximum atomic E-state index is 14.1. The zero-order chi connectivity index (χ0) is 27.7. The van der Waals surface area contributed by atoms with Crippen LogP contribution < -0.4 is 0 Å². The van der Waals surface area contributed by atoms with Crippen LogP contribution in [0.3, 0.4) is 0 Å². The van der Waals surface area contributed by atoms with E-state index in [1.54, 1.807) is 0 Å². The zero-order valence-electron chi connectivity index (χ0n) is 23.5. The molecule has 40 heavy (non-hydrogen) atoms. The van der Waals surface area contributed by atoms with E-state index in [2.05, 4.69) is 69.3 Å². The van der Waals surface area contributed by atoms with Crippen LogP contribution >= 0.6 is 0 Å². The maximum absolute atomic E-state index is 14.1. The molecule has 1 fully saturated rings. The first-order valence-electron chi connectivity index (χ1n) is 14.5. The molecule has 4 aromatic carbocycles. The summed E-state index contributed by atoms with van der Waals surface area (Å²) >= 11 is 0. The van der Waals surface area contributed by atoms with Gasteiger partial charge < -0.3 is 9.47 Å². The van der Waals surface area contributed by atoms with Crippen molar-refractivity contribution in [3.05, 3.63) is 120 Å². The van der Waals surface area contributed by atoms with Gasteiger partial charge in [0, 0.05) is 17.0 Å². The molecule has 4 heteroatoms. The lowest BCUT2D eigenvalue weighted by atomic mass is 9.64. The van der Waals surface area contributed by atoms with Crippen molar-refractivity contribution < 1.29 is 14.3 Å².